The van der Waals surface area contributed by atoms with Gasteiger partial charge in [-0.05, 0) is 51.2 Å². The highest BCUT2D eigenvalue weighted by Gasteiger charge is 2.38. The smallest absolute Gasteiger partial charge is 0.407 e. The maximum atomic E-state index is 12.8. The molecule has 7 heteroatoms. The van der Waals surface area contributed by atoms with E-state index >= 15 is 0 Å². The zero-order valence-electron chi connectivity index (χ0n) is 19.2. The van der Waals surface area contributed by atoms with Crippen molar-refractivity contribution >= 4 is 18.3 Å². The van der Waals surface area contributed by atoms with Gasteiger partial charge >= 0.3 is 6.09 Å². The summed E-state index contributed by atoms with van der Waals surface area (Å²) < 4.78 is 5.60. The first-order chi connectivity index (χ1) is 15.8. The van der Waals surface area contributed by atoms with E-state index in [1.807, 2.05) is 18.2 Å². The number of carbonyl (C=O) groups excluding carboxylic acids is 3. The third kappa shape index (κ3) is 6.20. The molecule has 0 saturated heterocycles. The van der Waals surface area contributed by atoms with E-state index in [4.69, 9.17) is 4.74 Å². The third-order valence-corrected chi connectivity index (χ3v) is 6.31. The molecule has 0 spiro atoms. The van der Waals surface area contributed by atoms with E-state index in [2.05, 4.69) is 22.8 Å². The van der Waals surface area contributed by atoms with Crippen LogP contribution in [-0.4, -0.2) is 48.2 Å². The number of carbonyl (C=O) groups is 3. The molecule has 7 nitrogen and oxygen atoms in total. The summed E-state index contributed by atoms with van der Waals surface area (Å²) in [5.41, 5.74) is 0.793. The van der Waals surface area contributed by atoms with Crippen molar-refractivity contribution < 1.29 is 24.2 Å². The van der Waals surface area contributed by atoms with Gasteiger partial charge in [0, 0.05) is 23.1 Å². The fourth-order valence-corrected chi connectivity index (χ4v) is 4.27. The molecule has 0 aliphatic heterocycles. The summed E-state index contributed by atoms with van der Waals surface area (Å²) in [7, 11) is 0. The van der Waals surface area contributed by atoms with E-state index in [1.165, 1.54) is 0 Å². The molecule has 1 aliphatic rings. The quantitative estimate of drug-likeness (QED) is 0.531. The van der Waals surface area contributed by atoms with Crippen molar-refractivity contribution in [2.24, 2.45) is 0 Å². The highest BCUT2D eigenvalue weighted by atomic mass is 16.6. The van der Waals surface area contributed by atoms with Gasteiger partial charge in [-0.1, -0.05) is 48.5 Å². The molecule has 0 radical (unpaired) electrons. The van der Waals surface area contributed by atoms with E-state index in [0.717, 1.165) is 18.4 Å². The molecule has 1 fully saturated rings. The Bertz CT molecular complexity index is 966. The Morgan fingerprint density at radius 2 is 1.73 bits per heavy atom. The van der Waals surface area contributed by atoms with Gasteiger partial charge in [-0.2, -0.15) is 0 Å². The Balaban J connectivity index is 1.69. The molecule has 2 aromatic carbocycles. The van der Waals surface area contributed by atoms with Crippen LogP contribution in [0.15, 0.2) is 54.6 Å². The standard InChI is InChI=1S/C26H32N2O5/c1-25(2,18-30)28-24(32)33-21-12-14-26(15-13-21,20-9-4-3-5-10-20)17-27-23(31)22-11-7-6-8-19(22)16-29/h3-11,16,21,30H,12-15,17-18H2,1-2H3,(H,27,31)(H,28,32). The van der Waals surface area contributed by atoms with Crippen LogP contribution < -0.4 is 10.6 Å². The third-order valence-electron chi connectivity index (χ3n) is 6.31. The number of amides is 2. The molecule has 1 saturated carbocycles. The lowest BCUT2D eigenvalue weighted by molar-refractivity contribution is 0.0483. The van der Waals surface area contributed by atoms with E-state index in [1.54, 1.807) is 38.1 Å². The normalized spacial score (nSPS) is 20.5. The van der Waals surface area contributed by atoms with Gasteiger partial charge in [-0.25, -0.2) is 4.79 Å². The zero-order valence-corrected chi connectivity index (χ0v) is 19.2. The molecule has 3 N–H and O–H groups in total. The first kappa shape index (κ1) is 24.5. The number of aliphatic hydroxyl groups excluding tert-OH is 1. The molecule has 1 aliphatic carbocycles. The molecule has 3 rings (SSSR count). The van der Waals surface area contributed by atoms with Gasteiger partial charge < -0.3 is 20.5 Å². The lowest BCUT2D eigenvalue weighted by Gasteiger charge is -2.40. The zero-order chi connectivity index (χ0) is 23.9. The fraction of sp³-hybridized carbons (Fsp3) is 0.423. The van der Waals surface area contributed by atoms with Gasteiger partial charge in [-0.15, -0.1) is 0 Å². The van der Waals surface area contributed by atoms with Crippen LogP contribution in [-0.2, 0) is 10.2 Å². The minimum absolute atomic E-state index is 0.184. The highest BCUT2D eigenvalue weighted by molar-refractivity contribution is 6.01. The number of hydrogen-bond donors (Lipinski definition) is 3. The highest BCUT2D eigenvalue weighted by Crippen LogP contribution is 2.40. The molecule has 2 amide bonds. The summed E-state index contributed by atoms with van der Waals surface area (Å²) in [4.78, 5) is 36.4. The molecular formula is C26H32N2O5. The predicted molar refractivity (Wildman–Crippen MR) is 125 cm³/mol. The molecule has 0 unspecified atom stereocenters. The topological polar surface area (TPSA) is 105 Å². The Hall–Kier alpha value is -3.19. The number of nitrogens with one attached hydrogen (secondary N) is 2. The van der Waals surface area contributed by atoms with Crippen LogP contribution in [0.25, 0.3) is 0 Å². The fourth-order valence-electron chi connectivity index (χ4n) is 4.27. The Morgan fingerprint density at radius 3 is 2.36 bits per heavy atom. The Kier molecular flexibility index (Phi) is 7.87. The lowest BCUT2D eigenvalue weighted by Crippen LogP contribution is -2.48. The Labute approximate surface area is 194 Å². The first-order valence-corrected chi connectivity index (χ1v) is 11.3. The van der Waals surface area contributed by atoms with Gasteiger partial charge in [0.15, 0.2) is 6.29 Å². The van der Waals surface area contributed by atoms with Gasteiger partial charge in [0.1, 0.15) is 6.10 Å². The van der Waals surface area contributed by atoms with Crippen molar-refractivity contribution in [1.29, 1.82) is 0 Å². The molecule has 0 bridgehead atoms. The largest absolute Gasteiger partial charge is 0.446 e. The van der Waals surface area contributed by atoms with E-state index in [-0.39, 0.29) is 24.0 Å². The van der Waals surface area contributed by atoms with Gasteiger partial charge in [0.2, 0.25) is 0 Å². The van der Waals surface area contributed by atoms with Crippen molar-refractivity contribution in [1.82, 2.24) is 10.6 Å². The number of aldehydes is 1. The van der Waals surface area contributed by atoms with Crippen LogP contribution in [0, 0.1) is 0 Å². The number of hydrogen-bond acceptors (Lipinski definition) is 5. The minimum Gasteiger partial charge on any atom is -0.446 e. The van der Waals surface area contributed by atoms with E-state index in [9.17, 15) is 19.5 Å². The molecule has 2 aromatic rings. The van der Waals surface area contributed by atoms with Crippen molar-refractivity contribution in [3.63, 3.8) is 0 Å². The molecule has 33 heavy (non-hydrogen) atoms. The monoisotopic (exact) mass is 452 g/mol. The summed E-state index contributed by atoms with van der Waals surface area (Å²) in [6.45, 7) is 3.68. The Morgan fingerprint density at radius 1 is 1.09 bits per heavy atom. The summed E-state index contributed by atoms with van der Waals surface area (Å²) in [5, 5.41) is 15.0. The van der Waals surface area contributed by atoms with Crippen molar-refractivity contribution in [2.75, 3.05) is 13.2 Å². The average molecular weight is 453 g/mol. The second-order valence-corrected chi connectivity index (χ2v) is 9.31. The maximum absolute atomic E-state index is 12.8. The van der Waals surface area contributed by atoms with Crippen molar-refractivity contribution in [2.45, 2.75) is 56.6 Å². The first-order valence-electron chi connectivity index (χ1n) is 11.3. The van der Waals surface area contributed by atoms with Crippen LogP contribution >= 0.6 is 0 Å². The molecule has 0 atom stereocenters. The van der Waals surface area contributed by atoms with Gasteiger partial charge in [-0.3, -0.25) is 9.59 Å². The van der Waals surface area contributed by atoms with Gasteiger partial charge in [0.05, 0.1) is 12.1 Å². The van der Waals surface area contributed by atoms with Crippen LogP contribution in [0.5, 0.6) is 0 Å². The summed E-state index contributed by atoms with van der Waals surface area (Å²) in [6.07, 6.45) is 2.69. The number of ether oxygens (including phenoxy) is 1. The molecule has 176 valence electrons. The molecule has 0 aromatic heterocycles. The van der Waals surface area contributed by atoms with Crippen molar-refractivity contribution in [3.8, 4) is 0 Å². The van der Waals surface area contributed by atoms with Crippen LogP contribution in [0.1, 0.15) is 65.8 Å². The van der Waals surface area contributed by atoms with Crippen LogP contribution in [0.2, 0.25) is 0 Å². The van der Waals surface area contributed by atoms with E-state index in [0.29, 0.717) is 36.8 Å². The second-order valence-electron chi connectivity index (χ2n) is 9.31. The summed E-state index contributed by atoms with van der Waals surface area (Å²) in [6, 6.07) is 16.8. The SMILES string of the molecule is CC(C)(CO)NC(=O)OC1CCC(CNC(=O)c2ccccc2C=O)(c2ccccc2)CC1. The molecule has 0 heterocycles. The predicted octanol–water partition coefficient (Wildman–Crippen LogP) is 3.61. The second kappa shape index (κ2) is 10.6. The summed E-state index contributed by atoms with van der Waals surface area (Å²) >= 11 is 0. The van der Waals surface area contributed by atoms with Crippen molar-refractivity contribution in [3.05, 3.63) is 71.3 Å². The maximum Gasteiger partial charge on any atom is 0.407 e. The average Bonchev–Trinajstić information content (AvgIpc) is 2.83. The number of alkyl carbamates (subject to hydrolysis) is 1. The lowest BCUT2D eigenvalue weighted by atomic mass is 9.68. The van der Waals surface area contributed by atoms with Crippen LogP contribution in [0.3, 0.4) is 0 Å². The summed E-state index contributed by atoms with van der Waals surface area (Å²) in [5.74, 6) is -0.281. The van der Waals surface area contributed by atoms with Crippen LogP contribution in [0.4, 0.5) is 4.79 Å². The van der Waals surface area contributed by atoms with Gasteiger partial charge in [0.25, 0.3) is 5.91 Å². The number of benzene rings is 2. The number of aliphatic hydroxyl groups is 1. The number of rotatable bonds is 8. The molecular weight excluding hydrogens is 420 g/mol. The van der Waals surface area contributed by atoms with E-state index < -0.39 is 11.6 Å². The minimum atomic E-state index is -0.748.